The van der Waals surface area contributed by atoms with Crippen molar-refractivity contribution in [3.05, 3.63) is 41.1 Å². The summed E-state index contributed by atoms with van der Waals surface area (Å²) in [5.41, 5.74) is 2.76. The number of allylic oxidation sites excluding steroid dienone is 2. The summed E-state index contributed by atoms with van der Waals surface area (Å²) >= 11 is 1.67. The smallest absolute Gasteiger partial charge is 0.227 e. The fourth-order valence-electron chi connectivity index (χ4n) is 4.05. The fraction of sp³-hybridized carbons (Fsp3) is 0.500. The van der Waals surface area contributed by atoms with E-state index in [2.05, 4.69) is 26.1 Å². The molecule has 4 rings (SSSR count). The largest absolute Gasteiger partial charge is 0.497 e. The van der Waals surface area contributed by atoms with E-state index in [4.69, 9.17) is 14.8 Å². The number of nitrogens with zero attached hydrogens (tertiary/aromatic N) is 3. The number of Topliss-reactive ketones (excluding diaryl/α,β-unsaturated/α-hetero) is 1. The van der Waals surface area contributed by atoms with Gasteiger partial charge in [0, 0.05) is 23.4 Å². The first-order valence-electron chi connectivity index (χ1n) is 10.2. The Morgan fingerprint density at radius 2 is 2.03 bits per heavy atom. The Morgan fingerprint density at radius 1 is 1.28 bits per heavy atom. The molecule has 2 aromatic rings. The molecular weight excluding hydrogens is 384 g/mol. The second-order valence-corrected chi connectivity index (χ2v) is 9.56. The first-order chi connectivity index (χ1) is 13.9. The summed E-state index contributed by atoms with van der Waals surface area (Å²) in [6.45, 7) is 6.47. The van der Waals surface area contributed by atoms with Crippen LogP contribution in [0, 0.1) is 5.41 Å². The first-order valence-corrected chi connectivity index (χ1v) is 11.2. The minimum atomic E-state index is -0.260. The van der Waals surface area contributed by atoms with Crippen molar-refractivity contribution in [3.63, 3.8) is 0 Å². The van der Waals surface area contributed by atoms with Crippen LogP contribution in [0.2, 0.25) is 0 Å². The molecule has 0 amide bonds. The van der Waals surface area contributed by atoms with E-state index in [0.29, 0.717) is 12.4 Å². The number of fused-ring (bicyclic) bond motifs is 1. The number of carbonyl (C=O) groups excluding carboxylic acids is 1. The number of anilines is 1. The molecule has 0 saturated carbocycles. The van der Waals surface area contributed by atoms with Crippen molar-refractivity contribution in [2.45, 2.75) is 57.7 Å². The number of rotatable bonds is 6. The van der Waals surface area contributed by atoms with Gasteiger partial charge in [-0.2, -0.15) is 4.98 Å². The maximum atomic E-state index is 13.2. The van der Waals surface area contributed by atoms with Crippen LogP contribution in [0.5, 0.6) is 5.75 Å². The van der Waals surface area contributed by atoms with E-state index in [-0.39, 0.29) is 17.2 Å². The standard InChI is InChI=1S/C22H28N4O2S/c1-5-6-11-29-21-24-20-23-16-12-22(2,3)13-17(27)18(16)19(26(20)25-21)14-7-9-15(28-4)10-8-14/h7-10,19H,5-6,11-13H2,1-4H3,(H,23,24,25)/t19-/m1/s1. The summed E-state index contributed by atoms with van der Waals surface area (Å²) < 4.78 is 7.19. The zero-order valence-corrected chi connectivity index (χ0v) is 18.3. The number of aromatic nitrogens is 3. The van der Waals surface area contributed by atoms with E-state index in [1.165, 1.54) is 0 Å². The number of hydrogen-bond donors (Lipinski definition) is 1. The van der Waals surface area contributed by atoms with Crippen molar-refractivity contribution in [1.29, 1.82) is 0 Å². The van der Waals surface area contributed by atoms with Gasteiger partial charge in [-0.3, -0.25) is 4.79 Å². The Bertz CT molecular complexity index is 946. The zero-order valence-electron chi connectivity index (χ0n) is 17.5. The third kappa shape index (κ3) is 3.92. The molecule has 0 unspecified atom stereocenters. The maximum absolute atomic E-state index is 13.2. The van der Waals surface area contributed by atoms with Gasteiger partial charge in [0.05, 0.1) is 7.11 Å². The molecular formula is C22H28N4O2S. The monoisotopic (exact) mass is 412 g/mol. The molecule has 0 bridgehead atoms. The lowest BCUT2D eigenvalue weighted by Crippen LogP contribution is -2.36. The molecule has 2 heterocycles. The summed E-state index contributed by atoms with van der Waals surface area (Å²) in [7, 11) is 1.66. The van der Waals surface area contributed by atoms with E-state index in [9.17, 15) is 4.79 Å². The molecule has 0 spiro atoms. The van der Waals surface area contributed by atoms with Gasteiger partial charge >= 0.3 is 0 Å². The van der Waals surface area contributed by atoms with E-state index in [0.717, 1.165) is 52.8 Å². The van der Waals surface area contributed by atoms with E-state index < -0.39 is 0 Å². The molecule has 1 aromatic heterocycles. The molecule has 1 aromatic carbocycles. The number of ketones is 1. The maximum Gasteiger partial charge on any atom is 0.227 e. The molecule has 0 fully saturated rings. The lowest BCUT2D eigenvalue weighted by atomic mass is 9.73. The van der Waals surface area contributed by atoms with Crippen molar-refractivity contribution >= 4 is 23.5 Å². The van der Waals surface area contributed by atoms with Gasteiger partial charge in [-0.25, -0.2) is 4.68 Å². The van der Waals surface area contributed by atoms with Crippen LogP contribution < -0.4 is 10.1 Å². The Labute approximate surface area is 176 Å². The average molecular weight is 413 g/mol. The van der Waals surface area contributed by atoms with Crippen LogP contribution in [0.15, 0.2) is 40.7 Å². The summed E-state index contributed by atoms with van der Waals surface area (Å²) in [4.78, 5) is 17.9. The predicted molar refractivity (Wildman–Crippen MR) is 115 cm³/mol. The van der Waals surface area contributed by atoms with Gasteiger partial charge in [-0.15, -0.1) is 5.10 Å². The summed E-state index contributed by atoms with van der Waals surface area (Å²) in [5.74, 6) is 2.69. The second kappa shape index (κ2) is 7.86. The molecule has 1 aliphatic heterocycles. The van der Waals surface area contributed by atoms with Crippen LogP contribution in [-0.4, -0.2) is 33.4 Å². The molecule has 0 radical (unpaired) electrons. The molecule has 7 heteroatoms. The van der Waals surface area contributed by atoms with Gasteiger partial charge in [-0.05, 0) is 36.0 Å². The highest BCUT2D eigenvalue weighted by Gasteiger charge is 2.41. The van der Waals surface area contributed by atoms with Gasteiger partial charge in [-0.1, -0.05) is 51.1 Å². The highest BCUT2D eigenvalue weighted by atomic mass is 32.2. The minimum Gasteiger partial charge on any atom is -0.497 e. The zero-order chi connectivity index (χ0) is 20.6. The third-order valence-electron chi connectivity index (χ3n) is 5.47. The van der Waals surface area contributed by atoms with Gasteiger partial charge in [0.15, 0.2) is 5.78 Å². The number of nitrogens with one attached hydrogen (secondary N) is 1. The number of carbonyl (C=O) groups is 1. The Balaban J connectivity index is 1.77. The summed E-state index contributed by atoms with van der Waals surface area (Å²) in [5, 5.41) is 8.96. The normalized spacial score (nSPS) is 20.1. The number of benzene rings is 1. The van der Waals surface area contributed by atoms with Crippen LogP contribution >= 0.6 is 11.8 Å². The third-order valence-corrected chi connectivity index (χ3v) is 6.40. The van der Waals surface area contributed by atoms with Gasteiger partial charge in [0.2, 0.25) is 11.1 Å². The molecule has 2 aliphatic rings. The van der Waals surface area contributed by atoms with E-state index >= 15 is 0 Å². The topological polar surface area (TPSA) is 69.0 Å². The Hall–Kier alpha value is -2.28. The van der Waals surface area contributed by atoms with Crippen molar-refractivity contribution < 1.29 is 9.53 Å². The number of ether oxygens (including phenoxy) is 1. The van der Waals surface area contributed by atoms with Crippen molar-refractivity contribution in [3.8, 4) is 5.75 Å². The fourth-order valence-corrected chi connectivity index (χ4v) is 4.97. The highest BCUT2D eigenvalue weighted by molar-refractivity contribution is 7.99. The second-order valence-electron chi connectivity index (χ2n) is 8.50. The lowest BCUT2D eigenvalue weighted by Gasteiger charge is -2.38. The van der Waals surface area contributed by atoms with Gasteiger partial charge in [0.1, 0.15) is 11.8 Å². The molecule has 6 nitrogen and oxygen atoms in total. The number of hydrogen-bond acceptors (Lipinski definition) is 6. The van der Waals surface area contributed by atoms with Crippen molar-refractivity contribution in [2.24, 2.45) is 5.41 Å². The molecule has 1 aliphatic carbocycles. The van der Waals surface area contributed by atoms with Gasteiger partial charge in [0.25, 0.3) is 0 Å². The molecule has 154 valence electrons. The molecule has 0 saturated heterocycles. The van der Waals surface area contributed by atoms with E-state index in [1.807, 2.05) is 28.9 Å². The molecule has 29 heavy (non-hydrogen) atoms. The molecule has 1 atom stereocenters. The van der Waals surface area contributed by atoms with Crippen LogP contribution in [-0.2, 0) is 4.79 Å². The van der Waals surface area contributed by atoms with Crippen LogP contribution in [0.1, 0.15) is 58.1 Å². The molecule has 1 N–H and O–H groups in total. The number of methoxy groups -OCH3 is 1. The highest BCUT2D eigenvalue weighted by Crippen LogP contribution is 2.45. The average Bonchev–Trinajstić information content (AvgIpc) is 3.08. The number of thioether (sulfide) groups is 1. The van der Waals surface area contributed by atoms with Crippen molar-refractivity contribution in [1.82, 2.24) is 14.8 Å². The summed E-state index contributed by atoms with van der Waals surface area (Å²) in [6.07, 6.45) is 3.65. The number of unbranched alkanes of at least 4 members (excludes halogenated alkanes) is 1. The summed E-state index contributed by atoms with van der Waals surface area (Å²) in [6, 6.07) is 7.64. The SMILES string of the molecule is CCCCSc1nc2n(n1)[C@H](c1ccc(OC)cc1)C1=C(CC(C)(C)CC1=O)N2. The van der Waals surface area contributed by atoms with Crippen LogP contribution in [0.4, 0.5) is 5.95 Å². The van der Waals surface area contributed by atoms with Crippen LogP contribution in [0.3, 0.4) is 0 Å². The van der Waals surface area contributed by atoms with E-state index in [1.54, 1.807) is 18.9 Å². The quantitative estimate of drug-likeness (QED) is 0.541. The van der Waals surface area contributed by atoms with Crippen molar-refractivity contribution in [2.75, 3.05) is 18.2 Å². The first kappa shape index (κ1) is 20.0. The Kier molecular flexibility index (Phi) is 5.42. The predicted octanol–water partition coefficient (Wildman–Crippen LogP) is 4.84. The lowest BCUT2D eigenvalue weighted by molar-refractivity contribution is -0.118. The minimum absolute atomic E-state index is 0.0612. The Morgan fingerprint density at radius 3 is 2.72 bits per heavy atom. The van der Waals surface area contributed by atoms with Gasteiger partial charge < -0.3 is 10.1 Å². The van der Waals surface area contributed by atoms with Crippen LogP contribution in [0.25, 0.3) is 0 Å².